The van der Waals surface area contributed by atoms with Crippen molar-refractivity contribution in [2.45, 2.75) is 44.9 Å². The van der Waals surface area contributed by atoms with Gasteiger partial charge in [-0.05, 0) is 27.2 Å². The van der Waals surface area contributed by atoms with E-state index in [4.69, 9.17) is 5.14 Å². The van der Waals surface area contributed by atoms with Crippen molar-refractivity contribution in [2.24, 2.45) is 5.14 Å². The minimum Gasteiger partial charge on any atom is -0.598 e. The Bertz CT molecular complexity index is 309. The first-order valence-electron chi connectivity index (χ1n) is 5.12. The SMILES string of the molecule is CCn1cncc1CCC(C)(C)[S+](N)[O-]. The normalized spacial score (nSPS) is 14.2. The summed E-state index contributed by atoms with van der Waals surface area (Å²) in [7, 11) is 0. The zero-order chi connectivity index (χ0) is 11.5. The van der Waals surface area contributed by atoms with Crippen LogP contribution in [0.25, 0.3) is 0 Å². The lowest BCUT2D eigenvalue weighted by Gasteiger charge is -2.24. The van der Waals surface area contributed by atoms with Gasteiger partial charge in [-0.25, -0.2) is 4.98 Å². The second-order valence-corrected chi connectivity index (χ2v) is 5.93. The summed E-state index contributed by atoms with van der Waals surface area (Å²) >= 11 is -1.28. The predicted molar refractivity (Wildman–Crippen MR) is 62.6 cm³/mol. The number of rotatable bonds is 5. The molecule has 15 heavy (non-hydrogen) atoms. The lowest BCUT2D eigenvalue weighted by atomic mass is 10.1. The summed E-state index contributed by atoms with van der Waals surface area (Å²) in [5, 5.41) is 5.43. The summed E-state index contributed by atoms with van der Waals surface area (Å²) in [5.74, 6) is 0. The first kappa shape index (κ1) is 12.5. The summed E-state index contributed by atoms with van der Waals surface area (Å²) in [6.07, 6.45) is 5.35. The van der Waals surface area contributed by atoms with E-state index in [2.05, 4.69) is 16.5 Å². The zero-order valence-corrected chi connectivity index (χ0v) is 10.4. The number of hydrogen-bond donors (Lipinski definition) is 1. The van der Waals surface area contributed by atoms with Gasteiger partial charge < -0.3 is 9.12 Å². The highest BCUT2D eigenvalue weighted by molar-refractivity contribution is 7.90. The molecule has 0 radical (unpaired) electrons. The van der Waals surface area contributed by atoms with Crippen molar-refractivity contribution in [2.75, 3.05) is 0 Å². The molecule has 0 spiro atoms. The average Bonchev–Trinajstić information content (AvgIpc) is 2.61. The number of nitrogens with zero attached hydrogens (tertiary/aromatic N) is 2. The van der Waals surface area contributed by atoms with Gasteiger partial charge in [0.2, 0.25) is 0 Å². The second kappa shape index (κ2) is 5.01. The molecule has 1 heterocycles. The number of aryl methyl sites for hydroxylation is 2. The molecule has 1 rings (SSSR count). The second-order valence-electron chi connectivity index (χ2n) is 4.23. The highest BCUT2D eigenvalue weighted by atomic mass is 32.2. The van der Waals surface area contributed by atoms with Crippen molar-refractivity contribution in [3.63, 3.8) is 0 Å². The largest absolute Gasteiger partial charge is 0.598 e. The van der Waals surface area contributed by atoms with Crippen LogP contribution in [-0.2, 0) is 24.3 Å². The Kier molecular flexibility index (Phi) is 4.19. The van der Waals surface area contributed by atoms with Crippen LogP contribution in [-0.4, -0.2) is 18.9 Å². The Morgan fingerprint density at radius 2 is 2.27 bits per heavy atom. The number of hydrogen-bond acceptors (Lipinski definition) is 3. The third-order valence-electron chi connectivity index (χ3n) is 2.67. The van der Waals surface area contributed by atoms with E-state index < -0.39 is 11.4 Å². The van der Waals surface area contributed by atoms with Crippen LogP contribution in [0.15, 0.2) is 12.5 Å². The van der Waals surface area contributed by atoms with Crippen molar-refractivity contribution < 1.29 is 4.55 Å². The van der Waals surface area contributed by atoms with Gasteiger partial charge in [0.15, 0.2) is 0 Å². The Hall–Kier alpha value is -0.520. The molecule has 0 bridgehead atoms. The minimum absolute atomic E-state index is 0.331. The molecule has 1 unspecified atom stereocenters. The monoisotopic (exact) mass is 229 g/mol. The molecule has 1 aromatic heterocycles. The zero-order valence-electron chi connectivity index (χ0n) is 9.56. The van der Waals surface area contributed by atoms with Gasteiger partial charge in [0.25, 0.3) is 0 Å². The van der Waals surface area contributed by atoms with Crippen molar-refractivity contribution in [1.82, 2.24) is 9.55 Å². The molecule has 0 fully saturated rings. The van der Waals surface area contributed by atoms with Gasteiger partial charge in [0, 0.05) is 36.2 Å². The third-order valence-corrected chi connectivity index (χ3v) is 3.96. The van der Waals surface area contributed by atoms with Crippen molar-refractivity contribution in [3.05, 3.63) is 18.2 Å². The van der Waals surface area contributed by atoms with Crippen LogP contribution in [0.2, 0.25) is 0 Å². The maximum atomic E-state index is 11.2. The molecular weight excluding hydrogens is 210 g/mol. The molecule has 86 valence electrons. The van der Waals surface area contributed by atoms with Crippen LogP contribution < -0.4 is 5.14 Å². The maximum Gasteiger partial charge on any atom is 0.139 e. The van der Waals surface area contributed by atoms with Crippen molar-refractivity contribution >= 4 is 11.4 Å². The van der Waals surface area contributed by atoms with Crippen molar-refractivity contribution in [1.29, 1.82) is 0 Å². The molecule has 0 saturated heterocycles. The Balaban J connectivity index is 2.57. The number of imidazole rings is 1. The molecule has 5 heteroatoms. The van der Waals surface area contributed by atoms with Crippen molar-refractivity contribution in [3.8, 4) is 0 Å². The molecule has 1 atom stereocenters. The van der Waals surface area contributed by atoms with Crippen LogP contribution in [0, 0.1) is 0 Å². The van der Waals surface area contributed by atoms with E-state index >= 15 is 0 Å². The summed E-state index contributed by atoms with van der Waals surface area (Å²) in [6, 6.07) is 0. The van der Waals surface area contributed by atoms with E-state index in [9.17, 15) is 4.55 Å². The van der Waals surface area contributed by atoms with Gasteiger partial charge in [-0.3, -0.25) is 0 Å². The lowest BCUT2D eigenvalue weighted by molar-refractivity contribution is 0.522. The van der Waals surface area contributed by atoms with E-state index in [1.54, 1.807) is 0 Å². The summed E-state index contributed by atoms with van der Waals surface area (Å²) < 4.78 is 13.0. The van der Waals surface area contributed by atoms with Crippen LogP contribution in [0.1, 0.15) is 32.9 Å². The number of aromatic nitrogens is 2. The van der Waals surface area contributed by atoms with Crippen LogP contribution in [0.3, 0.4) is 0 Å². The van der Waals surface area contributed by atoms with E-state index in [0.717, 1.165) is 19.4 Å². The molecule has 0 saturated carbocycles. The van der Waals surface area contributed by atoms with Gasteiger partial charge in [-0.1, -0.05) is 0 Å². The Morgan fingerprint density at radius 3 is 2.80 bits per heavy atom. The molecule has 2 N–H and O–H groups in total. The smallest absolute Gasteiger partial charge is 0.139 e. The molecule has 0 aliphatic heterocycles. The average molecular weight is 229 g/mol. The van der Waals surface area contributed by atoms with Gasteiger partial charge in [-0.15, -0.1) is 0 Å². The van der Waals surface area contributed by atoms with E-state index in [1.807, 2.05) is 26.4 Å². The van der Waals surface area contributed by atoms with E-state index in [-0.39, 0.29) is 4.75 Å². The van der Waals surface area contributed by atoms with Crippen LogP contribution >= 0.6 is 0 Å². The minimum atomic E-state index is -1.28. The fraction of sp³-hybridized carbons (Fsp3) is 0.700. The molecule has 0 aliphatic rings. The molecule has 4 nitrogen and oxygen atoms in total. The maximum absolute atomic E-state index is 11.2. The fourth-order valence-electron chi connectivity index (χ4n) is 1.37. The Morgan fingerprint density at radius 1 is 1.60 bits per heavy atom. The topological polar surface area (TPSA) is 66.9 Å². The first-order valence-corrected chi connectivity index (χ1v) is 6.34. The van der Waals surface area contributed by atoms with E-state index in [0.29, 0.717) is 0 Å². The quantitative estimate of drug-likeness (QED) is 0.772. The van der Waals surface area contributed by atoms with Crippen LogP contribution in [0.5, 0.6) is 0 Å². The molecule has 0 aromatic carbocycles. The van der Waals surface area contributed by atoms with Gasteiger partial charge >= 0.3 is 0 Å². The molecule has 0 aliphatic carbocycles. The van der Waals surface area contributed by atoms with Crippen LogP contribution in [0.4, 0.5) is 0 Å². The lowest BCUT2D eigenvalue weighted by Crippen LogP contribution is -2.38. The first-order chi connectivity index (χ1) is 6.97. The van der Waals surface area contributed by atoms with Gasteiger partial charge in [0.05, 0.1) is 6.33 Å². The predicted octanol–water partition coefficient (Wildman–Crippen LogP) is 1.24. The van der Waals surface area contributed by atoms with E-state index in [1.165, 1.54) is 5.69 Å². The third kappa shape index (κ3) is 3.22. The molecule has 1 aromatic rings. The Labute approximate surface area is 94.2 Å². The van der Waals surface area contributed by atoms with Gasteiger partial charge in [0.1, 0.15) is 4.75 Å². The molecule has 0 amide bonds. The summed E-state index contributed by atoms with van der Waals surface area (Å²) in [4.78, 5) is 4.09. The standard InChI is InChI=1S/C10H19N3OS/c1-4-13-8-12-7-9(13)5-6-10(2,3)15(11)14/h7-8H,4-6,11H2,1-3H3. The van der Waals surface area contributed by atoms with Gasteiger partial charge in [-0.2, -0.15) is 5.14 Å². The highest BCUT2D eigenvalue weighted by Gasteiger charge is 2.29. The number of nitrogens with two attached hydrogens (primary N) is 1. The molecular formula is C10H19N3OS. The fourth-order valence-corrected chi connectivity index (χ4v) is 1.67. The summed E-state index contributed by atoms with van der Waals surface area (Å²) in [6.45, 7) is 6.85. The highest BCUT2D eigenvalue weighted by Crippen LogP contribution is 2.20. The summed E-state index contributed by atoms with van der Waals surface area (Å²) in [5.41, 5.74) is 1.18.